The maximum atomic E-state index is 13.6. The molecule has 0 spiro atoms. The molecule has 11 nitrogen and oxygen atoms in total. The number of amides is 3. The van der Waals surface area contributed by atoms with Gasteiger partial charge in [-0.3, -0.25) is 9.69 Å². The Morgan fingerprint density at radius 3 is 2.47 bits per heavy atom. The number of hydrogen-bond acceptors (Lipinski definition) is 7. The topological polar surface area (TPSA) is 131 Å². The Bertz CT molecular complexity index is 1470. The van der Waals surface area contributed by atoms with Crippen LogP contribution in [0.3, 0.4) is 0 Å². The largest absolute Gasteiger partial charge is 0.464 e. The highest BCUT2D eigenvalue weighted by molar-refractivity contribution is 6.48. The lowest BCUT2D eigenvalue weighted by molar-refractivity contribution is -0.137. The number of aliphatic imine (C=N–C) groups is 1. The van der Waals surface area contributed by atoms with Crippen LogP contribution in [0.1, 0.15) is 11.3 Å². The third-order valence-electron chi connectivity index (χ3n) is 6.48. The van der Waals surface area contributed by atoms with Crippen LogP contribution in [0.25, 0.3) is 10.9 Å². The molecule has 5 rings (SSSR count). The van der Waals surface area contributed by atoms with Gasteiger partial charge in [0.15, 0.2) is 23.8 Å². The summed E-state index contributed by atoms with van der Waals surface area (Å²) in [5.74, 6) is -0.303. The number of carboxylic acid groups (broad SMARTS) is 1. The maximum Gasteiger partial charge on any atom is 0.416 e. The van der Waals surface area contributed by atoms with Crippen molar-refractivity contribution in [2.24, 2.45) is 10.1 Å². The smallest absolute Gasteiger partial charge is 0.416 e. The average molecular weight is 509 g/mol. The highest BCUT2D eigenvalue weighted by Crippen LogP contribution is 2.31. The first-order valence-corrected chi connectivity index (χ1v) is 11.3. The zero-order chi connectivity index (χ0) is 25.7. The van der Waals surface area contributed by atoms with E-state index in [-0.39, 0.29) is 23.8 Å². The Labute approximate surface area is 210 Å². The molecule has 2 aliphatic heterocycles. The van der Waals surface area contributed by atoms with Gasteiger partial charge in [-0.05, 0) is 18.2 Å². The van der Waals surface area contributed by atoms with Crippen LogP contribution in [0.2, 0.25) is 5.02 Å². The van der Waals surface area contributed by atoms with Crippen molar-refractivity contribution in [3.05, 3.63) is 70.9 Å². The fourth-order valence-corrected chi connectivity index (χ4v) is 4.95. The minimum atomic E-state index is -1.26. The van der Waals surface area contributed by atoms with Gasteiger partial charge in [0.25, 0.3) is 5.91 Å². The molecule has 3 heterocycles. The van der Waals surface area contributed by atoms with Gasteiger partial charge in [0.2, 0.25) is 0 Å². The fraction of sp³-hybridized carbons (Fsp3) is 0.208. The number of carbonyl (C=O) groups excluding carboxylic acids is 2. The minimum absolute atomic E-state index is 0.161. The summed E-state index contributed by atoms with van der Waals surface area (Å²) in [6.45, 7) is -0.286. The molecule has 1 aromatic heterocycles. The Hall–Kier alpha value is -4.38. The third-order valence-corrected chi connectivity index (χ3v) is 6.81. The number of urea groups is 1. The van der Waals surface area contributed by atoms with Crippen LogP contribution >= 0.6 is 11.6 Å². The summed E-state index contributed by atoms with van der Waals surface area (Å²) in [6.07, 6.45) is -2.11. The van der Waals surface area contributed by atoms with Gasteiger partial charge in [0.05, 0.1) is 17.8 Å². The summed E-state index contributed by atoms with van der Waals surface area (Å²) < 4.78 is 1.01. The predicted octanol–water partition coefficient (Wildman–Crippen LogP) is 3.13. The number of halogens is 1. The van der Waals surface area contributed by atoms with E-state index in [0.717, 1.165) is 9.47 Å². The molecule has 0 radical (unpaired) electrons. The van der Waals surface area contributed by atoms with Crippen LogP contribution in [0.15, 0.2) is 64.7 Å². The van der Waals surface area contributed by atoms with Gasteiger partial charge in [-0.15, -0.1) is 0 Å². The summed E-state index contributed by atoms with van der Waals surface area (Å²) in [4.78, 5) is 47.3. The molecular formula is C24H21ClN6O5. The normalized spacial score (nSPS) is 20.2. The summed E-state index contributed by atoms with van der Waals surface area (Å²) >= 11 is 6.26. The van der Waals surface area contributed by atoms with Crippen molar-refractivity contribution in [3.8, 4) is 0 Å². The van der Waals surface area contributed by atoms with E-state index in [0.29, 0.717) is 21.5 Å². The number of hydrogen-bond donors (Lipinski definition) is 2. The number of likely N-dealkylation sites (N-methyl/N-ethyl adjacent to an activating group) is 2. The molecule has 2 aromatic carbocycles. The summed E-state index contributed by atoms with van der Waals surface area (Å²) in [6, 6.07) is 13.8. The molecule has 0 aliphatic carbocycles. The van der Waals surface area contributed by atoms with Gasteiger partial charge in [0.1, 0.15) is 0 Å². The lowest BCUT2D eigenvalue weighted by Gasteiger charge is -2.40. The Morgan fingerprint density at radius 1 is 1.08 bits per heavy atom. The molecule has 3 aromatic rings. The zero-order valence-electron chi connectivity index (χ0n) is 19.2. The van der Waals surface area contributed by atoms with Crippen molar-refractivity contribution in [3.63, 3.8) is 0 Å². The molecule has 2 aliphatic rings. The van der Waals surface area contributed by atoms with Gasteiger partial charge in [-0.25, -0.2) is 19.1 Å². The van der Waals surface area contributed by atoms with Crippen molar-refractivity contribution in [2.45, 2.75) is 18.8 Å². The molecule has 0 saturated carbocycles. The number of aromatic nitrogens is 1. The number of fused-ring (bicyclic) bond motifs is 2. The first-order valence-electron chi connectivity index (χ1n) is 10.9. The van der Waals surface area contributed by atoms with Crippen LogP contribution in [0, 0.1) is 0 Å². The molecule has 2 atom stereocenters. The molecular weight excluding hydrogens is 488 g/mol. The first-order chi connectivity index (χ1) is 17.2. The van der Waals surface area contributed by atoms with E-state index in [1.807, 2.05) is 6.07 Å². The number of amidine groups is 1. The van der Waals surface area contributed by atoms with E-state index in [1.54, 1.807) is 60.5 Å². The van der Waals surface area contributed by atoms with Crippen molar-refractivity contribution < 1.29 is 24.7 Å². The molecule has 36 heavy (non-hydrogen) atoms. The fourth-order valence-electron chi connectivity index (χ4n) is 4.72. The number of carbonyl (C=O) groups is 3. The molecule has 0 bridgehead atoms. The van der Waals surface area contributed by atoms with Crippen LogP contribution in [0.5, 0.6) is 0 Å². The number of oxime groups is 1. The number of benzene rings is 2. The van der Waals surface area contributed by atoms with Gasteiger partial charge in [-0.2, -0.15) is 0 Å². The molecule has 1 saturated heterocycles. The van der Waals surface area contributed by atoms with Crippen molar-refractivity contribution in [1.82, 2.24) is 19.3 Å². The Morgan fingerprint density at radius 2 is 1.81 bits per heavy atom. The van der Waals surface area contributed by atoms with E-state index in [1.165, 1.54) is 11.9 Å². The molecule has 2 unspecified atom stereocenters. The van der Waals surface area contributed by atoms with Crippen LogP contribution in [-0.2, 0) is 11.3 Å². The van der Waals surface area contributed by atoms with E-state index < -0.39 is 30.2 Å². The number of imide groups is 1. The second-order valence-electron chi connectivity index (χ2n) is 8.48. The second-order valence-corrected chi connectivity index (χ2v) is 8.89. The van der Waals surface area contributed by atoms with E-state index in [9.17, 15) is 24.7 Å². The van der Waals surface area contributed by atoms with E-state index in [2.05, 4.69) is 10.1 Å². The van der Waals surface area contributed by atoms with Gasteiger partial charge < -0.3 is 20.1 Å². The predicted molar refractivity (Wildman–Crippen MR) is 132 cm³/mol. The molecule has 1 fully saturated rings. The summed E-state index contributed by atoms with van der Waals surface area (Å²) in [5.41, 5.74) is 1.31. The third kappa shape index (κ3) is 3.47. The minimum Gasteiger partial charge on any atom is -0.464 e. The summed E-state index contributed by atoms with van der Waals surface area (Å²) in [5, 5.41) is 23.8. The quantitative estimate of drug-likeness (QED) is 0.316. The SMILES string of the molecule is CN1C(=O)N(Cc2cc3c(Cl)cccc3n2C(=O)O)C(=O)C2C1N=C(C(=NO)c1ccccc1)N2C. The lowest BCUT2D eigenvalue weighted by atomic mass is 10.1. The summed E-state index contributed by atoms with van der Waals surface area (Å²) in [7, 11) is 3.15. The highest BCUT2D eigenvalue weighted by Gasteiger charge is 2.52. The van der Waals surface area contributed by atoms with Crippen molar-refractivity contribution >= 4 is 52.1 Å². The van der Waals surface area contributed by atoms with Crippen LogP contribution in [0.4, 0.5) is 9.59 Å². The van der Waals surface area contributed by atoms with Crippen LogP contribution < -0.4 is 0 Å². The Kier molecular flexibility index (Phi) is 5.64. The lowest BCUT2D eigenvalue weighted by Crippen LogP contribution is -2.64. The maximum absolute atomic E-state index is 13.6. The monoisotopic (exact) mass is 508 g/mol. The number of nitrogens with zero attached hydrogens (tertiary/aromatic N) is 6. The second kappa shape index (κ2) is 8.68. The van der Waals surface area contributed by atoms with Gasteiger partial charge >= 0.3 is 12.1 Å². The first kappa shape index (κ1) is 23.4. The average Bonchev–Trinajstić information content (AvgIpc) is 3.41. The van der Waals surface area contributed by atoms with Crippen LogP contribution in [-0.4, -0.2) is 85.5 Å². The zero-order valence-corrected chi connectivity index (χ0v) is 20.0. The highest BCUT2D eigenvalue weighted by atomic mass is 35.5. The van der Waals surface area contributed by atoms with E-state index in [4.69, 9.17) is 11.6 Å². The van der Waals surface area contributed by atoms with Gasteiger partial charge in [-0.1, -0.05) is 53.2 Å². The molecule has 3 amide bonds. The Balaban J connectivity index is 1.51. The van der Waals surface area contributed by atoms with E-state index >= 15 is 0 Å². The van der Waals surface area contributed by atoms with Crippen molar-refractivity contribution in [2.75, 3.05) is 14.1 Å². The van der Waals surface area contributed by atoms with Gasteiger partial charge in [0, 0.05) is 30.1 Å². The molecule has 2 N–H and O–H groups in total. The molecule has 184 valence electrons. The number of rotatable bonds is 4. The van der Waals surface area contributed by atoms with Crippen molar-refractivity contribution in [1.29, 1.82) is 0 Å². The molecule has 12 heteroatoms. The standard InChI is InChI=1S/C24H21ClN6O5/c1-28-19-21(26-20(28)18(27-36)13-7-4-3-5-8-13)29(2)23(33)30(22(19)32)12-14-11-15-16(25)9-6-10-17(15)31(14)24(34)35/h3-11,19,21,36H,12H2,1-2H3,(H,34,35).